The number of rotatable bonds is 3. The number of hydrogen-bond acceptors (Lipinski definition) is 5. The van der Waals surface area contributed by atoms with Crippen LogP contribution < -0.4 is 5.32 Å². The summed E-state index contributed by atoms with van der Waals surface area (Å²) in [6.07, 6.45) is 4.06. The Morgan fingerprint density at radius 3 is 2.65 bits per heavy atom. The number of nitrogens with one attached hydrogen (secondary N) is 1. The topological polar surface area (TPSA) is 82.5 Å². The molecule has 2 fully saturated rings. The van der Waals surface area contributed by atoms with Crippen LogP contribution in [0.1, 0.15) is 66.3 Å². The Hall–Kier alpha value is -1.47. The van der Waals surface area contributed by atoms with Gasteiger partial charge in [0.1, 0.15) is 4.88 Å². The molecule has 0 aromatic carbocycles. The zero-order chi connectivity index (χ0) is 19.1. The smallest absolute Gasteiger partial charge is 0.263 e. The molecule has 1 saturated carbocycles. The van der Waals surface area contributed by atoms with Gasteiger partial charge in [-0.25, -0.2) is 4.98 Å². The average Bonchev–Trinajstić information content (AvgIpc) is 3.01. The van der Waals surface area contributed by atoms with Crippen molar-refractivity contribution in [3.05, 3.63) is 15.6 Å². The Balaban J connectivity index is 1.75. The van der Waals surface area contributed by atoms with Gasteiger partial charge in [0.2, 0.25) is 5.91 Å². The standard InChI is InChI=1S/C19H29N3O3S/c1-11-17(26-12(2)21-11)18(25)20-10-14-9-19(4)15(22(14)13(3)23)7-5-6-8-16(19)24/h14-16,24H,5-10H2,1-4H3,(H,20,25)/t14-,15-,16+,19-/m1/s1. The van der Waals surface area contributed by atoms with E-state index in [1.54, 1.807) is 6.92 Å². The first-order valence-electron chi connectivity index (χ1n) is 9.43. The van der Waals surface area contributed by atoms with E-state index in [0.29, 0.717) is 11.4 Å². The summed E-state index contributed by atoms with van der Waals surface area (Å²) in [7, 11) is 0. The molecule has 0 unspecified atom stereocenters. The third-order valence-electron chi connectivity index (χ3n) is 6.10. The molecule has 6 nitrogen and oxygen atoms in total. The molecule has 26 heavy (non-hydrogen) atoms. The van der Waals surface area contributed by atoms with Gasteiger partial charge in [0.05, 0.1) is 22.8 Å². The minimum absolute atomic E-state index is 0.0249. The number of amides is 2. The monoisotopic (exact) mass is 379 g/mol. The Labute approximate surface area is 159 Å². The van der Waals surface area contributed by atoms with E-state index in [9.17, 15) is 14.7 Å². The number of likely N-dealkylation sites (tertiary alicyclic amines) is 1. The van der Waals surface area contributed by atoms with E-state index in [1.807, 2.05) is 18.7 Å². The molecule has 1 aliphatic carbocycles. The van der Waals surface area contributed by atoms with E-state index in [2.05, 4.69) is 17.2 Å². The molecular weight excluding hydrogens is 350 g/mol. The number of aryl methyl sites for hydroxylation is 2. The zero-order valence-electron chi connectivity index (χ0n) is 16.0. The summed E-state index contributed by atoms with van der Waals surface area (Å²) in [6.45, 7) is 7.83. The molecule has 0 bridgehead atoms. The number of nitrogens with zero attached hydrogens (tertiary/aromatic N) is 2. The predicted octanol–water partition coefficient (Wildman–Crippen LogP) is 2.42. The number of aliphatic hydroxyl groups is 1. The lowest BCUT2D eigenvalue weighted by molar-refractivity contribution is -0.133. The first-order chi connectivity index (χ1) is 12.2. The molecule has 1 aliphatic heterocycles. The van der Waals surface area contributed by atoms with E-state index < -0.39 is 6.10 Å². The first-order valence-corrected chi connectivity index (χ1v) is 10.2. The quantitative estimate of drug-likeness (QED) is 0.845. The maximum absolute atomic E-state index is 12.5. The Kier molecular flexibility index (Phi) is 5.40. The van der Waals surface area contributed by atoms with Crippen molar-refractivity contribution in [1.29, 1.82) is 0 Å². The Bertz CT molecular complexity index is 704. The summed E-state index contributed by atoms with van der Waals surface area (Å²) in [4.78, 5) is 31.8. The van der Waals surface area contributed by atoms with Crippen LogP contribution in [0.15, 0.2) is 0 Å². The van der Waals surface area contributed by atoms with Crippen LogP contribution in [-0.2, 0) is 4.79 Å². The van der Waals surface area contributed by atoms with Crippen LogP contribution in [0.5, 0.6) is 0 Å². The minimum Gasteiger partial charge on any atom is -0.392 e. The number of carbonyl (C=O) groups is 2. The van der Waals surface area contributed by atoms with Crippen LogP contribution in [0.4, 0.5) is 0 Å². The van der Waals surface area contributed by atoms with Gasteiger partial charge in [-0.1, -0.05) is 19.8 Å². The van der Waals surface area contributed by atoms with Crippen LogP contribution in [0, 0.1) is 19.3 Å². The van der Waals surface area contributed by atoms with Gasteiger partial charge in [-0.15, -0.1) is 11.3 Å². The second-order valence-electron chi connectivity index (χ2n) is 7.96. The lowest BCUT2D eigenvalue weighted by Crippen LogP contribution is -2.48. The molecule has 144 valence electrons. The second-order valence-corrected chi connectivity index (χ2v) is 9.17. The fourth-order valence-corrected chi connectivity index (χ4v) is 5.66. The van der Waals surface area contributed by atoms with Crippen LogP contribution in [-0.4, -0.2) is 51.5 Å². The molecule has 4 atom stereocenters. The van der Waals surface area contributed by atoms with Crippen molar-refractivity contribution < 1.29 is 14.7 Å². The fourth-order valence-electron chi connectivity index (χ4n) is 4.83. The maximum atomic E-state index is 12.5. The van der Waals surface area contributed by atoms with E-state index >= 15 is 0 Å². The summed E-state index contributed by atoms with van der Waals surface area (Å²) < 4.78 is 0. The zero-order valence-corrected chi connectivity index (χ0v) is 16.9. The number of thiazole rings is 1. The largest absolute Gasteiger partial charge is 0.392 e. The van der Waals surface area contributed by atoms with Gasteiger partial charge >= 0.3 is 0 Å². The fraction of sp³-hybridized carbons (Fsp3) is 0.737. The Morgan fingerprint density at radius 2 is 2.04 bits per heavy atom. The van der Waals surface area contributed by atoms with E-state index in [-0.39, 0.29) is 29.3 Å². The van der Waals surface area contributed by atoms with Crippen molar-refractivity contribution in [3.8, 4) is 0 Å². The van der Waals surface area contributed by atoms with Gasteiger partial charge in [-0.05, 0) is 33.1 Å². The normalized spacial score (nSPS) is 31.4. The number of aliphatic hydroxyl groups excluding tert-OH is 1. The van der Waals surface area contributed by atoms with Crippen LogP contribution in [0.2, 0.25) is 0 Å². The van der Waals surface area contributed by atoms with Gasteiger partial charge in [0.15, 0.2) is 0 Å². The molecule has 2 amide bonds. The van der Waals surface area contributed by atoms with E-state index in [1.165, 1.54) is 11.3 Å². The van der Waals surface area contributed by atoms with Crippen molar-refractivity contribution in [2.24, 2.45) is 5.41 Å². The second kappa shape index (κ2) is 7.27. The highest BCUT2D eigenvalue weighted by Gasteiger charge is 2.54. The molecule has 0 radical (unpaired) electrons. The minimum atomic E-state index is -0.399. The summed E-state index contributed by atoms with van der Waals surface area (Å²) in [5, 5.41) is 14.6. The van der Waals surface area contributed by atoms with Crippen molar-refractivity contribution >= 4 is 23.2 Å². The Morgan fingerprint density at radius 1 is 1.35 bits per heavy atom. The molecule has 1 aromatic heterocycles. The first kappa shape index (κ1) is 19.3. The molecule has 2 N–H and O–H groups in total. The van der Waals surface area contributed by atoms with Crippen molar-refractivity contribution in [2.75, 3.05) is 6.54 Å². The SMILES string of the molecule is CC(=O)N1[C@@H](CNC(=O)c2sc(C)nc2C)C[C@@]2(C)[C@@H](O)CCCC[C@@H]12. The van der Waals surface area contributed by atoms with Crippen molar-refractivity contribution in [3.63, 3.8) is 0 Å². The predicted molar refractivity (Wildman–Crippen MR) is 101 cm³/mol. The van der Waals surface area contributed by atoms with Gasteiger partial charge in [0, 0.05) is 24.9 Å². The molecule has 1 saturated heterocycles. The summed E-state index contributed by atoms with van der Waals surface area (Å²) >= 11 is 1.39. The number of fused-ring (bicyclic) bond motifs is 1. The molecule has 2 heterocycles. The van der Waals surface area contributed by atoms with E-state index in [0.717, 1.165) is 42.8 Å². The third kappa shape index (κ3) is 3.39. The highest BCUT2D eigenvalue weighted by molar-refractivity contribution is 7.13. The number of aromatic nitrogens is 1. The molecule has 7 heteroatoms. The average molecular weight is 380 g/mol. The lowest BCUT2D eigenvalue weighted by Gasteiger charge is -2.37. The number of carbonyl (C=O) groups excluding carboxylic acids is 2. The van der Waals surface area contributed by atoms with Crippen LogP contribution >= 0.6 is 11.3 Å². The van der Waals surface area contributed by atoms with Gasteiger partial charge in [0.25, 0.3) is 5.91 Å². The van der Waals surface area contributed by atoms with Gasteiger partial charge < -0.3 is 15.3 Å². The van der Waals surface area contributed by atoms with Gasteiger partial charge in [-0.2, -0.15) is 0 Å². The van der Waals surface area contributed by atoms with E-state index in [4.69, 9.17) is 0 Å². The number of hydrogen-bond donors (Lipinski definition) is 2. The molecule has 0 spiro atoms. The van der Waals surface area contributed by atoms with Crippen LogP contribution in [0.25, 0.3) is 0 Å². The molecular formula is C19H29N3O3S. The summed E-state index contributed by atoms with van der Waals surface area (Å²) in [5.74, 6) is -0.105. The van der Waals surface area contributed by atoms with Crippen LogP contribution in [0.3, 0.4) is 0 Å². The summed E-state index contributed by atoms with van der Waals surface area (Å²) in [6, 6.07) is -0.0275. The maximum Gasteiger partial charge on any atom is 0.263 e. The van der Waals surface area contributed by atoms with Crippen molar-refractivity contribution in [2.45, 2.75) is 78.0 Å². The molecule has 3 rings (SSSR count). The molecule has 1 aromatic rings. The van der Waals surface area contributed by atoms with Gasteiger partial charge in [-0.3, -0.25) is 9.59 Å². The highest BCUT2D eigenvalue weighted by atomic mass is 32.1. The summed E-state index contributed by atoms with van der Waals surface area (Å²) in [5.41, 5.74) is 0.446. The molecule has 2 aliphatic rings. The third-order valence-corrected chi connectivity index (χ3v) is 7.18. The highest BCUT2D eigenvalue weighted by Crippen LogP contribution is 2.48. The van der Waals surface area contributed by atoms with Crippen molar-refractivity contribution in [1.82, 2.24) is 15.2 Å². The lowest BCUT2D eigenvalue weighted by atomic mass is 9.75.